The minimum absolute atomic E-state index is 0.326. The van der Waals surface area contributed by atoms with Crippen LogP contribution in [-0.4, -0.2) is 6.04 Å². The summed E-state index contributed by atoms with van der Waals surface area (Å²) >= 11 is 0. The maximum absolute atomic E-state index is 5.68. The van der Waals surface area contributed by atoms with E-state index in [0.29, 0.717) is 12.1 Å². The summed E-state index contributed by atoms with van der Waals surface area (Å²) < 4.78 is 5.68. The van der Waals surface area contributed by atoms with Crippen LogP contribution in [-0.2, 0) is 0 Å². The molecule has 0 amide bonds. The molecule has 17 heavy (non-hydrogen) atoms. The smallest absolute Gasteiger partial charge is 0.120 e. The molecule has 0 saturated heterocycles. The van der Waals surface area contributed by atoms with Crippen molar-refractivity contribution in [3.05, 3.63) is 23.7 Å². The Hall–Kier alpha value is -0.760. The summed E-state index contributed by atoms with van der Waals surface area (Å²) in [5, 5.41) is 3.73. The lowest BCUT2D eigenvalue weighted by Crippen LogP contribution is -2.34. The fourth-order valence-electron chi connectivity index (χ4n) is 3.15. The molecule has 2 rings (SSSR count). The maximum atomic E-state index is 5.68. The van der Waals surface area contributed by atoms with E-state index in [0.717, 1.165) is 23.4 Å². The van der Waals surface area contributed by atoms with Crippen molar-refractivity contribution in [2.75, 3.05) is 0 Å². The summed E-state index contributed by atoms with van der Waals surface area (Å²) in [6.07, 6.45) is 4.00. The Morgan fingerprint density at radius 1 is 1.41 bits per heavy atom. The van der Waals surface area contributed by atoms with Crippen molar-refractivity contribution < 1.29 is 4.42 Å². The van der Waals surface area contributed by atoms with Crippen molar-refractivity contribution >= 4 is 0 Å². The van der Waals surface area contributed by atoms with Crippen LogP contribution in [0.3, 0.4) is 0 Å². The number of hydrogen-bond donors (Lipinski definition) is 1. The molecule has 0 aromatic carbocycles. The zero-order valence-electron chi connectivity index (χ0n) is 11.5. The van der Waals surface area contributed by atoms with Gasteiger partial charge in [0.15, 0.2) is 0 Å². The van der Waals surface area contributed by atoms with E-state index in [2.05, 4.69) is 32.2 Å². The minimum Gasteiger partial charge on any atom is -0.465 e. The first-order valence-corrected chi connectivity index (χ1v) is 6.94. The number of aryl methyl sites for hydroxylation is 1. The van der Waals surface area contributed by atoms with Crippen molar-refractivity contribution in [2.45, 2.75) is 59.0 Å². The fourth-order valence-corrected chi connectivity index (χ4v) is 3.15. The van der Waals surface area contributed by atoms with Crippen LogP contribution in [0.4, 0.5) is 0 Å². The van der Waals surface area contributed by atoms with Crippen LogP contribution in [0, 0.1) is 18.8 Å². The van der Waals surface area contributed by atoms with Crippen LogP contribution >= 0.6 is 0 Å². The summed E-state index contributed by atoms with van der Waals surface area (Å²) in [4.78, 5) is 0. The third-order valence-electron chi connectivity index (χ3n) is 4.40. The zero-order valence-corrected chi connectivity index (χ0v) is 11.5. The Morgan fingerprint density at radius 2 is 2.18 bits per heavy atom. The summed E-state index contributed by atoms with van der Waals surface area (Å²) in [6, 6.07) is 5.11. The highest BCUT2D eigenvalue weighted by atomic mass is 16.3. The molecule has 2 nitrogen and oxygen atoms in total. The highest BCUT2D eigenvalue weighted by molar-refractivity contribution is 5.09. The first-order chi connectivity index (χ1) is 8.11. The lowest BCUT2D eigenvalue weighted by Gasteiger charge is -2.24. The van der Waals surface area contributed by atoms with E-state index in [4.69, 9.17) is 4.42 Å². The van der Waals surface area contributed by atoms with E-state index in [1.165, 1.54) is 19.3 Å². The quantitative estimate of drug-likeness (QED) is 0.851. The molecule has 4 unspecified atom stereocenters. The van der Waals surface area contributed by atoms with Crippen LogP contribution in [0.1, 0.15) is 57.6 Å². The Labute approximate surface area is 105 Å². The van der Waals surface area contributed by atoms with Gasteiger partial charge in [0.1, 0.15) is 11.5 Å². The third kappa shape index (κ3) is 2.74. The monoisotopic (exact) mass is 235 g/mol. The van der Waals surface area contributed by atoms with E-state index >= 15 is 0 Å². The molecule has 1 N–H and O–H groups in total. The summed E-state index contributed by atoms with van der Waals surface area (Å²) in [7, 11) is 0. The van der Waals surface area contributed by atoms with Crippen molar-refractivity contribution in [1.29, 1.82) is 0 Å². The topological polar surface area (TPSA) is 25.2 Å². The van der Waals surface area contributed by atoms with E-state index in [1.54, 1.807) is 0 Å². The van der Waals surface area contributed by atoms with Gasteiger partial charge in [-0.25, -0.2) is 0 Å². The van der Waals surface area contributed by atoms with Crippen LogP contribution in [0.5, 0.6) is 0 Å². The van der Waals surface area contributed by atoms with Crippen molar-refractivity contribution in [3.63, 3.8) is 0 Å². The van der Waals surface area contributed by atoms with Crippen LogP contribution in [0.25, 0.3) is 0 Å². The van der Waals surface area contributed by atoms with Gasteiger partial charge in [-0.1, -0.05) is 20.3 Å². The van der Waals surface area contributed by atoms with E-state index in [-0.39, 0.29) is 0 Å². The average molecular weight is 235 g/mol. The molecular formula is C15H25NO. The van der Waals surface area contributed by atoms with Gasteiger partial charge >= 0.3 is 0 Å². The summed E-state index contributed by atoms with van der Waals surface area (Å²) in [5.41, 5.74) is 0. The Kier molecular flexibility index (Phi) is 3.93. The number of nitrogens with one attached hydrogen (secondary N) is 1. The third-order valence-corrected chi connectivity index (χ3v) is 4.40. The fraction of sp³-hybridized carbons (Fsp3) is 0.733. The van der Waals surface area contributed by atoms with Gasteiger partial charge in [0.25, 0.3) is 0 Å². The van der Waals surface area contributed by atoms with E-state index in [9.17, 15) is 0 Å². The second-order valence-corrected chi connectivity index (χ2v) is 5.55. The maximum Gasteiger partial charge on any atom is 0.120 e. The van der Waals surface area contributed by atoms with Gasteiger partial charge in [-0.05, 0) is 50.7 Å². The molecule has 0 aliphatic heterocycles. The van der Waals surface area contributed by atoms with Gasteiger partial charge in [-0.15, -0.1) is 0 Å². The highest BCUT2D eigenvalue weighted by Crippen LogP contribution is 2.35. The van der Waals surface area contributed by atoms with Gasteiger partial charge in [-0.3, -0.25) is 0 Å². The normalized spacial score (nSPS) is 30.7. The number of hydrogen-bond acceptors (Lipinski definition) is 2. The molecule has 96 valence electrons. The number of furan rings is 1. The van der Waals surface area contributed by atoms with Crippen molar-refractivity contribution in [3.8, 4) is 0 Å². The molecule has 1 fully saturated rings. The molecule has 0 bridgehead atoms. The molecule has 2 heteroatoms. The minimum atomic E-state index is 0.326. The second kappa shape index (κ2) is 5.26. The first-order valence-electron chi connectivity index (χ1n) is 6.94. The summed E-state index contributed by atoms with van der Waals surface area (Å²) in [6.45, 7) is 8.90. The van der Waals surface area contributed by atoms with Gasteiger partial charge < -0.3 is 9.73 Å². The van der Waals surface area contributed by atoms with Gasteiger partial charge in [0, 0.05) is 6.04 Å². The molecule has 1 aliphatic rings. The van der Waals surface area contributed by atoms with E-state index in [1.807, 2.05) is 13.0 Å². The molecule has 1 saturated carbocycles. The molecular weight excluding hydrogens is 210 g/mol. The largest absolute Gasteiger partial charge is 0.465 e. The molecule has 0 radical (unpaired) electrons. The molecule has 1 aliphatic carbocycles. The van der Waals surface area contributed by atoms with Gasteiger partial charge in [0.2, 0.25) is 0 Å². The molecule has 0 spiro atoms. The van der Waals surface area contributed by atoms with Gasteiger partial charge in [-0.2, -0.15) is 0 Å². The lowest BCUT2D eigenvalue weighted by atomic mass is 9.93. The van der Waals surface area contributed by atoms with Crippen molar-refractivity contribution in [1.82, 2.24) is 5.32 Å². The standard InChI is InChI=1S/C15H25NO/c1-5-13-7-8-14(11(13)3)16-12(4)15-9-6-10(2)17-15/h6,9,11-14,16H,5,7-8H2,1-4H3. The SMILES string of the molecule is CCC1CCC(NC(C)c2ccc(C)o2)C1C. The number of rotatable bonds is 4. The predicted molar refractivity (Wildman–Crippen MR) is 71.0 cm³/mol. The molecule has 1 aromatic heterocycles. The Morgan fingerprint density at radius 3 is 2.71 bits per heavy atom. The lowest BCUT2D eigenvalue weighted by molar-refractivity contribution is 0.309. The second-order valence-electron chi connectivity index (χ2n) is 5.55. The Bertz CT molecular complexity index is 358. The molecule has 1 heterocycles. The molecule has 4 atom stereocenters. The highest BCUT2D eigenvalue weighted by Gasteiger charge is 2.32. The average Bonchev–Trinajstić information content (AvgIpc) is 2.87. The van der Waals surface area contributed by atoms with E-state index < -0.39 is 0 Å². The first kappa shape index (κ1) is 12.7. The predicted octanol–water partition coefficient (Wildman–Crippen LogP) is 4.06. The van der Waals surface area contributed by atoms with Gasteiger partial charge in [0.05, 0.1) is 6.04 Å². The van der Waals surface area contributed by atoms with Crippen LogP contribution < -0.4 is 5.32 Å². The van der Waals surface area contributed by atoms with Crippen LogP contribution in [0.2, 0.25) is 0 Å². The molecule has 1 aromatic rings. The van der Waals surface area contributed by atoms with Crippen LogP contribution in [0.15, 0.2) is 16.5 Å². The zero-order chi connectivity index (χ0) is 12.4. The summed E-state index contributed by atoms with van der Waals surface area (Å²) in [5.74, 6) is 3.76. The Balaban J connectivity index is 1.93. The van der Waals surface area contributed by atoms with Crippen molar-refractivity contribution in [2.24, 2.45) is 11.8 Å².